The molecule has 1 atom stereocenters. The molecular weight excluding hydrogens is 360 g/mol. The lowest BCUT2D eigenvalue weighted by Gasteiger charge is -2.26. The van der Waals surface area contributed by atoms with Crippen LogP contribution >= 0.6 is 0 Å². The summed E-state index contributed by atoms with van der Waals surface area (Å²) in [5.74, 6) is -0.288. The van der Waals surface area contributed by atoms with Crippen LogP contribution in [0.15, 0.2) is 36.4 Å². The molecule has 0 fully saturated rings. The van der Waals surface area contributed by atoms with Gasteiger partial charge in [-0.05, 0) is 32.8 Å². The molecule has 6 heteroatoms. The van der Waals surface area contributed by atoms with Gasteiger partial charge in [-0.15, -0.1) is 0 Å². The molecule has 2 rings (SSSR count). The molecule has 2 aromatic rings. The maximum atomic E-state index is 9.94. The largest absolute Gasteiger partial charge is 0.383 e. The zero-order valence-electron chi connectivity index (χ0n) is 17.0. The van der Waals surface area contributed by atoms with Gasteiger partial charge >= 0.3 is 0 Å². The van der Waals surface area contributed by atoms with E-state index >= 15 is 0 Å². The standard InChI is InChI=1S/C23H24N6/c1-5-29(14-15(2)3)23-20(13-26)21(19(12-25)22(27)28-23)18(11-24)10-17-8-6-16(4)7-9-17/h6-9,18H,2,5,10,14H2,1,3-4H3,(H2,27,28). The number of aryl methyl sites for hydroxylation is 1. The van der Waals surface area contributed by atoms with E-state index in [0.717, 1.165) is 16.7 Å². The summed E-state index contributed by atoms with van der Waals surface area (Å²) < 4.78 is 0. The van der Waals surface area contributed by atoms with Gasteiger partial charge in [-0.1, -0.05) is 42.0 Å². The SMILES string of the molecule is C=C(C)CN(CC)c1nc(N)c(C#N)c(C(C#N)Cc2ccc(C)cc2)c1C#N. The third-order valence-corrected chi connectivity index (χ3v) is 4.68. The summed E-state index contributed by atoms with van der Waals surface area (Å²) in [5.41, 5.74) is 9.71. The Morgan fingerprint density at radius 3 is 2.28 bits per heavy atom. The number of anilines is 2. The number of hydrogen-bond donors (Lipinski definition) is 1. The molecule has 1 unspecified atom stereocenters. The van der Waals surface area contributed by atoms with E-state index in [1.807, 2.05) is 56.0 Å². The van der Waals surface area contributed by atoms with Crippen molar-refractivity contribution in [1.82, 2.24) is 4.98 Å². The normalized spacial score (nSPS) is 11.0. The summed E-state index contributed by atoms with van der Waals surface area (Å²) in [4.78, 5) is 6.22. The first kappa shape index (κ1) is 21.5. The Kier molecular flexibility index (Phi) is 6.96. The zero-order valence-corrected chi connectivity index (χ0v) is 17.0. The highest BCUT2D eigenvalue weighted by atomic mass is 15.2. The average Bonchev–Trinajstić information content (AvgIpc) is 2.70. The second-order valence-electron chi connectivity index (χ2n) is 7.05. The Balaban J connectivity index is 2.68. The Bertz CT molecular complexity index is 1030. The van der Waals surface area contributed by atoms with E-state index in [0.29, 0.717) is 30.9 Å². The predicted molar refractivity (Wildman–Crippen MR) is 114 cm³/mol. The van der Waals surface area contributed by atoms with Crippen molar-refractivity contribution >= 4 is 11.6 Å². The van der Waals surface area contributed by atoms with Crippen LogP contribution in [-0.2, 0) is 6.42 Å². The van der Waals surface area contributed by atoms with E-state index in [9.17, 15) is 15.8 Å². The van der Waals surface area contributed by atoms with E-state index in [1.165, 1.54) is 0 Å². The van der Waals surface area contributed by atoms with Gasteiger partial charge in [-0.2, -0.15) is 15.8 Å². The van der Waals surface area contributed by atoms with E-state index in [4.69, 9.17) is 5.73 Å². The molecule has 0 aliphatic carbocycles. The lowest BCUT2D eigenvalue weighted by molar-refractivity contribution is 0.821. The molecule has 0 bridgehead atoms. The monoisotopic (exact) mass is 384 g/mol. The van der Waals surface area contributed by atoms with Gasteiger partial charge < -0.3 is 10.6 Å². The molecule has 2 N–H and O–H groups in total. The van der Waals surface area contributed by atoms with Crippen LogP contribution in [0, 0.1) is 40.9 Å². The van der Waals surface area contributed by atoms with Gasteiger partial charge in [0, 0.05) is 18.7 Å². The fourth-order valence-corrected chi connectivity index (χ4v) is 3.25. The number of aromatic nitrogens is 1. The van der Waals surface area contributed by atoms with Crippen molar-refractivity contribution in [2.24, 2.45) is 0 Å². The lowest BCUT2D eigenvalue weighted by Crippen LogP contribution is -2.28. The first-order valence-electron chi connectivity index (χ1n) is 9.34. The van der Waals surface area contributed by atoms with E-state index < -0.39 is 5.92 Å². The molecule has 1 aromatic heterocycles. The van der Waals surface area contributed by atoms with Crippen molar-refractivity contribution in [2.75, 3.05) is 23.7 Å². The van der Waals surface area contributed by atoms with Crippen LogP contribution < -0.4 is 10.6 Å². The summed E-state index contributed by atoms with van der Waals surface area (Å²) in [6.45, 7) is 10.8. The Labute approximate surface area is 172 Å². The maximum Gasteiger partial charge on any atom is 0.149 e. The molecule has 6 nitrogen and oxygen atoms in total. The molecule has 146 valence electrons. The van der Waals surface area contributed by atoms with Gasteiger partial charge in [-0.25, -0.2) is 4.98 Å². The number of nitrogens with two attached hydrogens (primary N) is 1. The highest BCUT2D eigenvalue weighted by molar-refractivity contribution is 5.70. The average molecular weight is 384 g/mol. The number of nitrogen functional groups attached to an aromatic ring is 1. The van der Waals surface area contributed by atoms with Crippen molar-refractivity contribution in [2.45, 2.75) is 33.1 Å². The fraction of sp³-hybridized carbons (Fsp3) is 0.304. The van der Waals surface area contributed by atoms with Gasteiger partial charge in [0.2, 0.25) is 0 Å². The first-order chi connectivity index (χ1) is 13.9. The summed E-state index contributed by atoms with van der Waals surface area (Å²) in [6, 6.07) is 14.3. The number of benzene rings is 1. The lowest BCUT2D eigenvalue weighted by atomic mass is 9.87. The minimum atomic E-state index is -0.699. The smallest absolute Gasteiger partial charge is 0.149 e. The predicted octanol–water partition coefficient (Wildman–Crippen LogP) is 3.97. The zero-order chi connectivity index (χ0) is 21.6. The van der Waals surface area contributed by atoms with Crippen molar-refractivity contribution in [3.05, 3.63) is 64.2 Å². The Morgan fingerprint density at radius 2 is 1.79 bits per heavy atom. The minimum Gasteiger partial charge on any atom is -0.383 e. The molecule has 0 aliphatic rings. The summed E-state index contributed by atoms with van der Waals surface area (Å²) in [5, 5.41) is 29.5. The summed E-state index contributed by atoms with van der Waals surface area (Å²) >= 11 is 0. The molecule has 0 amide bonds. The van der Waals surface area contributed by atoms with Crippen LogP contribution in [0.2, 0.25) is 0 Å². The van der Waals surface area contributed by atoms with Crippen LogP contribution in [0.25, 0.3) is 0 Å². The number of rotatable bonds is 7. The van der Waals surface area contributed by atoms with Crippen LogP contribution in [-0.4, -0.2) is 18.1 Å². The third-order valence-electron chi connectivity index (χ3n) is 4.68. The molecule has 0 radical (unpaired) electrons. The highest BCUT2D eigenvalue weighted by Gasteiger charge is 2.27. The van der Waals surface area contributed by atoms with Crippen LogP contribution in [0.1, 0.15) is 47.6 Å². The van der Waals surface area contributed by atoms with Crippen LogP contribution in [0.3, 0.4) is 0 Å². The molecule has 1 heterocycles. The van der Waals surface area contributed by atoms with Crippen molar-refractivity contribution < 1.29 is 0 Å². The second kappa shape index (κ2) is 9.40. The van der Waals surface area contributed by atoms with Crippen molar-refractivity contribution in [3.63, 3.8) is 0 Å². The molecule has 0 aliphatic heterocycles. The van der Waals surface area contributed by atoms with Gasteiger partial charge in [0.05, 0.1) is 12.0 Å². The maximum absolute atomic E-state index is 9.94. The number of hydrogen-bond acceptors (Lipinski definition) is 6. The Morgan fingerprint density at radius 1 is 1.17 bits per heavy atom. The Hall–Kier alpha value is -3.82. The van der Waals surface area contributed by atoms with Gasteiger partial charge in [0.1, 0.15) is 34.9 Å². The van der Waals surface area contributed by atoms with Crippen molar-refractivity contribution in [1.29, 1.82) is 15.8 Å². The second-order valence-corrected chi connectivity index (χ2v) is 7.05. The number of pyridine rings is 1. The van der Waals surface area contributed by atoms with Crippen LogP contribution in [0.4, 0.5) is 11.6 Å². The topological polar surface area (TPSA) is 114 Å². The molecule has 0 saturated heterocycles. The number of nitrogens with zero attached hydrogens (tertiary/aromatic N) is 5. The quantitative estimate of drug-likeness (QED) is 0.723. The fourth-order valence-electron chi connectivity index (χ4n) is 3.25. The molecular formula is C23H24N6. The number of likely N-dealkylation sites (N-methyl/N-ethyl adjacent to an activating group) is 1. The van der Waals surface area contributed by atoms with Crippen LogP contribution in [0.5, 0.6) is 0 Å². The molecule has 1 aromatic carbocycles. The van der Waals surface area contributed by atoms with Gasteiger partial charge in [0.15, 0.2) is 0 Å². The third kappa shape index (κ3) is 4.72. The van der Waals surface area contributed by atoms with E-state index in [1.54, 1.807) is 0 Å². The number of nitriles is 3. The molecule has 0 spiro atoms. The van der Waals surface area contributed by atoms with Gasteiger partial charge in [-0.3, -0.25) is 0 Å². The van der Waals surface area contributed by atoms with Gasteiger partial charge in [0.25, 0.3) is 0 Å². The molecule has 0 saturated carbocycles. The molecule has 29 heavy (non-hydrogen) atoms. The summed E-state index contributed by atoms with van der Waals surface area (Å²) in [7, 11) is 0. The van der Waals surface area contributed by atoms with Crippen molar-refractivity contribution in [3.8, 4) is 18.2 Å². The van der Waals surface area contributed by atoms with E-state index in [2.05, 4.69) is 23.7 Å². The summed E-state index contributed by atoms with van der Waals surface area (Å²) in [6.07, 6.45) is 0.371. The first-order valence-corrected chi connectivity index (χ1v) is 9.34. The highest BCUT2D eigenvalue weighted by Crippen LogP contribution is 2.34. The minimum absolute atomic E-state index is 0.0285. The van der Waals surface area contributed by atoms with E-state index in [-0.39, 0.29) is 16.9 Å².